The molecule has 1 spiro atoms. The van der Waals surface area contributed by atoms with E-state index in [2.05, 4.69) is 15.1 Å². The van der Waals surface area contributed by atoms with Crippen LogP contribution in [0.4, 0.5) is 18.9 Å². The maximum atomic E-state index is 13.3. The second-order valence-corrected chi connectivity index (χ2v) is 9.59. The predicted molar refractivity (Wildman–Crippen MR) is 107 cm³/mol. The summed E-state index contributed by atoms with van der Waals surface area (Å²) in [5, 5.41) is 2.94. The van der Waals surface area contributed by atoms with E-state index in [1.54, 1.807) is 0 Å². The highest BCUT2D eigenvalue weighted by molar-refractivity contribution is 6.30. The summed E-state index contributed by atoms with van der Waals surface area (Å²) >= 11 is 5.80. The molecule has 1 saturated carbocycles. The number of carbonyl (C=O) groups excluding carboxylic acids is 1. The second kappa shape index (κ2) is 8.08. The van der Waals surface area contributed by atoms with Gasteiger partial charge in [0.1, 0.15) is 5.82 Å². The maximum Gasteiger partial charge on any atom is 0.248 e. The molecule has 4 rings (SSSR count). The number of alkyl halides is 2. The van der Waals surface area contributed by atoms with Gasteiger partial charge in [0.2, 0.25) is 11.8 Å². The Hall–Kier alpha value is -1.31. The monoisotopic (exact) mass is 429 g/mol. The molecule has 3 aliphatic rings. The Morgan fingerprint density at radius 1 is 1.10 bits per heavy atom. The van der Waals surface area contributed by atoms with Crippen LogP contribution in [0.5, 0.6) is 0 Å². The molecule has 0 radical (unpaired) electrons. The number of carbonyl (C=O) groups is 1. The minimum Gasteiger partial charge on any atom is -0.325 e. The van der Waals surface area contributed by atoms with E-state index in [1.807, 2.05) is 0 Å². The number of halogens is 4. The van der Waals surface area contributed by atoms with E-state index in [0.717, 1.165) is 39.1 Å². The van der Waals surface area contributed by atoms with Gasteiger partial charge in [-0.05, 0) is 49.9 Å². The molecule has 4 nitrogen and oxygen atoms in total. The molecule has 1 N–H and O–H groups in total. The zero-order chi connectivity index (χ0) is 20.6. The molecule has 1 aromatic rings. The lowest BCUT2D eigenvalue weighted by molar-refractivity contribution is -0.133. The Morgan fingerprint density at radius 3 is 2.41 bits per heavy atom. The van der Waals surface area contributed by atoms with Crippen molar-refractivity contribution in [2.75, 3.05) is 44.6 Å². The number of amides is 1. The van der Waals surface area contributed by atoms with E-state index in [0.29, 0.717) is 24.4 Å². The van der Waals surface area contributed by atoms with E-state index in [1.165, 1.54) is 18.2 Å². The van der Waals surface area contributed by atoms with Gasteiger partial charge in [-0.1, -0.05) is 11.6 Å². The van der Waals surface area contributed by atoms with Crippen molar-refractivity contribution in [3.8, 4) is 0 Å². The van der Waals surface area contributed by atoms with Crippen molar-refractivity contribution in [3.63, 3.8) is 0 Å². The van der Waals surface area contributed by atoms with Crippen molar-refractivity contribution in [2.45, 2.75) is 38.0 Å². The topological polar surface area (TPSA) is 35.6 Å². The normalized spacial score (nSPS) is 24.1. The average molecular weight is 430 g/mol. The fraction of sp³-hybridized carbons (Fsp3) is 0.667. The minimum absolute atomic E-state index is 0.0421. The largest absolute Gasteiger partial charge is 0.325 e. The molecule has 1 aliphatic carbocycles. The van der Waals surface area contributed by atoms with Gasteiger partial charge in [-0.3, -0.25) is 9.69 Å². The number of benzene rings is 1. The first-order valence-electron chi connectivity index (χ1n) is 10.3. The number of hydrogen-bond donors (Lipinski definition) is 1. The van der Waals surface area contributed by atoms with Gasteiger partial charge in [-0.2, -0.15) is 0 Å². The van der Waals surface area contributed by atoms with Gasteiger partial charge in [0, 0.05) is 55.1 Å². The van der Waals surface area contributed by atoms with Gasteiger partial charge >= 0.3 is 0 Å². The third-order valence-corrected chi connectivity index (χ3v) is 6.66. The van der Waals surface area contributed by atoms with E-state index >= 15 is 0 Å². The summed E-state index contributed by atoms with van der Waals surface area (Å²) in [6.45, 7) is 5.08. The lowest BCUT2D eigenvalue weighted by Gasteiger charge is -2.60. The van der Waals surface area contributed by atoms with Crippen molar-refractivity contribution < 1.29 is 18.0 Å². The van der Waals surface area contributed by atoms with Crippen LogP contribution in [0.2, 0.25) is 5.02 Å². The number of anilines is 1. The summed E-state index contributed by atoms with van der Waals surface area (Å²) in [6.07, 6.45) is 2.38. The van der Waals surface area contributed by atoms with Crippen LogP contribution >= 0.6 is 11.6 Å². The summed E-state index contributed by atoms with van der Waals surface area (Å²) in [7, 11) is 0. The highest BCUT2D eigenvalue weighted by Gasteiger charge is 2.51. The fourth-order valence-electron chi connectivity index (χ4n) is 5.06. The van der Waals surface area contributed by atoms with Crippen molar-refractivity contribution in [1.82, 2.24) is 9.80 Å². The van der Waals surface area contributed by atoms with Crippen LogP contribution < -0.4 is 5.32 Å². The Kier molecular flexibility index (Phi) is 5.84. The molecule has 160 valence electrons. The average Bonchev–Trinajstić information content (AvgIpc) is 2.55. The maximum absolute atomic E-state index is 13.3. The van der Waals surface area contributed by atoms with Crippen LogP contribution in [0.1, 0.15) is 32.1 Å². The summed E-state index contributed by atoms with van der Waals surface area (Å²) in [4.78, 5) is 16.7. The highest BCUT2D eigenvalue weighted by atomic mass is 35.5. The Morgan fingerprint density at radius 2 is 1.76 bits per heavy atom. The van der Waals surface area contributed by atoms with Crippen molar-refractivity contribution in [2.24, 2.45) is 11.3 Å². The van der Waals surface area contributed by atoms with E-state index in [-0.39, 0.29) is 35.7 Å². The lowest BCUT2D eigenvalue weighted by atomic mass is 9.72. The zero-order valence-corrected chi connectivity index (χ0v) is 17.2. The third kappa shape index (κ3) is 5.25. The first-order chi connectivity index (χ1) is 13.7. The van der Waals surface area contributed by atoms with E-state index < -0.39 is 11.7 Å². The van der Waals surface area contributed by atoms with Crippen molar-refractivity contribution in [1.29, 1.82) is 0 Å². The van der Waals surface area contributed by atoms with Crippen LogP contribution in [0.3, 0.4) is 0 Å². The fourth-order valence-corrected chi connectivity index (χ4v) is 5.28. The molecule has 2 saturated heterocycles. The molecule has 2 aliphatic heterocycles. The summed E-state index contributed by atoms with van der Waals surface area (Å²) < 4.78 is 39.8. The molecule has 29 heavy (non-hydrogen) atoms. The van der Waals surface area contributed by atoms with E-state index in [9.17, 15) is 18.0 Å². The van der Waals surface area contributed by atoms with Crippen LogP contribution in [-0.2, 0) is 4.79 Å². The summed E-state index contributed by atoms with van der Waals surface area (Å²) in [6, 6.07) is 3.97. The van der Waals surface area contributed by atoms with Gasteiger partial charge in [0.05, 0.1) is 6.54 Å². The predicted octanol–water partition coefficient (Wildman–Crippen LogP) is 4.25. The van der Waals surface area contributed by atoms with Crippen LogP contribution in [0, 0.1) is 17.2 Å². The quantitative estimate of drug-likeness (QED) is 0.734. The van der Waals surface area contributed by atoms with Crippen LogP contribution in [0.25, 0.3) is 0 Å². The summed E-state index contributed by atoms with van der Waals surface area (Å²) in [5.74, 6) is -2.66. The van der Waals surface area contributed by atoms with Crippen LogP contribution in [-0.4, -0.2) is 60.9 Å². The smallest absolute Gasteiger partial charge is 0.248 e. The zero-order valence-electron chi connectivity index (χ0n) is 16.4. The van der Waals surface area contributed by atoms with Crippen molar-refractivity contribution in [3.05, 3.63) is 29.0 Å². The number of nitrogens with one attached hydrogen (secondary N) is 1. The third-order valence-electron chi connectivity index (χ3n) is 6.44. The summed E-state index contributed by atoms with van der Waals surface area (Å²) in [5.41, 5.74) is 0.646. The first kappa shape index (κ1) is 20.9. The van der Waals surface area contributed by atoms with Crippen molar-refractivity contribution >= 4 is 23.2 Å². The molecular weight excluding hydrogens is 403 g/mol. The molecule has 0 atom stereocenters. The van der Waals surface area contributed by atoms with Gasteiger partial charge in [-0.15, -0.1) is 0 Å². The molecule has 0 bridgehead atoms. The SMILES string of the molecule is O=C(CN1CC2(CN(CCC3CCC(F)(F)CC3)C2)C1)Nc1cc(F)cc(Cl)c1. The Bertz CT molecular complexity index is 731. The molecule has 3 fully saturated rings. The molecule has 1 amide bonds. The van der Waals surface area contributed by atoms with Gasteiger partial charge < -0.3 is 10.2 Å². The minimum atomic E-state index is -2.44. The number of nitrogens with zero attached hydrogens (tertiary/aromatic N) is 2. The molecule has 8 heteroatoms. The molecule has 0 unspecified atom stereocenters. The molecule has 1 aromatic carbocycles. The second-order valence-electron chi connectivity index (χ2n) is 9.15. The van der Waals surface area contributed by atoms with Gasteiger partial charge in [0.25, 0.3) is 0 Å². The standard InChI is InChI=1S/C21H27ClF3N3O/c22-16-7-17(23)9-18(8-16)26-19(29)10-28-13-20(14-28)11-27(12-20)6-3-15-1-4-21(24,25)5-2-15/h7-9,15H,1-6,10-14H2,(H,26,29). The lowest BCUT2D eigenvalue weighted by Crippen LogP contribution is -2.72. The number of likely N-dealkylation sites (tertiary alicyclic amines) is 2. The van der Waals surface area contributed by atoms with Gasteiger partial charge in [-0.25, -0.2) is 13.2 Å². The van der Waals surface area contributed by atoms with E-state index in [4.69, 9.17) is 11.6 Å². The number of hydrogen-bond acceptors (Lipinski definition) is 3. The molecule has 0 aromatic heterocycles. The molecular formula is C21H27ClF3N3O. The Balaban J connectivity index is 1.12. The highest BCUT2D eigenvalue weighted by Crippen LogP contribution is 2.41. The first-order valence-corrected chi connectivity index (χ1v) is 10.7. The number of rotatable bonds is 6. The van der Waals surface area contributed by atoms with Crippen LogP contribution in [0.15, 0.2) is 18.2 Å². The van der Waals surface area contributed by atoms with Gasteiger partial charge in [0.15, 0.2) is 0 Å². The molecule has 2 heterocycles. The Labute approximate surface area is 174 Å².